The molecule has 0 saturated heterocycles. The van der Waals surface area contributed by atoms with Crippen LogP contribution in [0.3, 0.4) is 0 Å². The number of furan rings is 1. The van der Waals surface area contributed by atoms with Crippen molar-refractivity contribution in [3.63, 3.8) is 0 Å². The number of hydrogen-bond acceptors (Lipinski definition) is 4. The van der Waals surface area contributed by atoms with Crippen LogP contribution in [0.15, 0.2) is 52.0 Å². The minimum absolute atomic E-state index is 0.520. The molecule has 1 aromatic heterocycles. The highest BCUT2D eigenvalue weighted by Crippen LogP contribution is 2.20. The number of amides is 1. The minimum atomic E-state index is -0.592. The lowest BCUT2D eigenvalue weighted by Gasteiger charge is -1.95. The molecule has 1 amide bonds. The van der Waals surface area contributed by atoms with E-state index in [1.807, 2.05) is 36.4 Å². The van der Waals surface area contributed by atoms with Crippen LogP contribution in [-0.4, -0.2) is 23.8 Å². The van der Waals surface area contributed by atoms with Crippen molar-refractivity contribution < 1.29 is 14.3 Å². The van der Waals surface area contributed by atoms with E-state index in [4.69, 9.17) is 9.52 Å². The molecule has 92 valence electrons. The highest BCUT2D eigenvalue weighted by molar-refractivity contribution is 5.81. The lowest BCUT2D eigenvalue weighted by atomic mass is 10.2. The second kappa shape index (κ2) is 5.79. The summed E-state index contributed by atoms with van der Waals surface area (Å²) in [5.41, 5.74) is 3.12. The van der Waals surface area contributed by atoms with Crippen LogP contribution in [0, 0.1) is 0 Å². The van der Waals surface area contributed by atoms with Gasteiger partial charge >= 0.3 is 0 Å². The molecule has 0 spiro atoms. The fourth-order valence-electron chi connectivity index (χ4n) is 1.38. The van der Waals surface area contributed by atoms with E-state index < -0.39 is 12.5 Å². The third-order valence-electron chi connectivity index (χ3n) is 2.21. The lowest BCUT2D eigenvalue weighted by molar-refractivity contribution is -0.123. The molecular formula is C13H12N2O3. The highest BCUT2D eigenvalue weighted by Gasteiger charge is 2.02. The highest BCUT2D eigenvalue weighted by atomic mass is 16.3. The standard InChI is InChI=1S/C13H12N2O3/c16-9-13(17)15-14-8-11-6-7-12(18-11)10-4-2-1-3-5-10/h1-8,16H,9H2,(H,15,17)/b14-8+. The van der Waals surface area contributed by atoms with E-state index in [1.54, 1.807) is 6.07 Å². The number of rotatable bonds is 4. The number of aliphatic hydroxyl groups excluding tert-OH is 1. The number of carbonyl (C=O) groups is 1. The van der Waals surface area contributed by atoms with Crippen LogP contribution in [-0.2, 0) is 4.79 Å². The van der Waals surface area contributed by atoms with Crippen molar-refractivity contribution in [2.24, 2.45) is 5.10 Å². The predicted molar refractivity (Wildman–Crippen MR) is 67.0 cm³/mol. The number of hydrogen-bond donors (Lipinski definition) is 2. The zero-order chi connectivity index (χ0) is 12.8. The second-order valence-electron chi connectivity index (χ2n) is 3.52. The first kappa shape index (κ1) is 12.1. The Kier molecular flexibility index (Phi) is 3.88. The van der Waals surface area contributed by atoms with Gasteiger partial charge < -0.3 is 9.52 Å². The monoisotopic (exact) mass is 244 g/mol. The molecule has 0 unspecified atom stereocenters. The second-order valence-corrected chi connectivity index (χ2v) is 3.52. The fourth-order valence-corrected chi connectivity index (χ4v) is 1.38. The van der Waals surface area contributed by atoms with Gasteiger partial charge in [-0.3, -0.25) is 4.79 Å². The summed E-state index contributed by atoms with van der Waals surface area (Å²) in [7, 11) is 0. The van der Waals surface area contributed by atoms with Crippen molar-refractivity contribution >= 4 is 12.1 Å². The Balaban J connectivity index is 2.05. The van der Waals surface area contributed by atoms with E-state index in [0.29, 0.717) is 5.76 Å². The Hall–Kier alpha value is -2.40. The quantitative estimate of drug-likeness (QED) is 0.630. The van der Waals surface area contributed by atoms with Crippen LogP contribution >= 0.6 is 0 Å². The summed E-state index contributed by atoms with van der Waals surface area (Å²) < 4.78 is 5.52. The molecular weight excluding hydrogens is 232 g/mol. The number of benzene rings is 1. The number of nitrogens with one attached hydrogen (secondary N) is 1. The van der Waals surface area contributed by atoms with Crippen LogP contribution in [0.1, 0.15) is 5.76 Å². The molecule has 2 N–H and O–H groups in total. The van der Waals surface area contributed by atoms with Gasteiger partial charge in [0.1, 0.15) is 18.1 Å². The smallest absolute Gasteiger partial charge is 0.265 e. The summed E-state index contributed by atoms with van der Waals surface area (Å²) in [6, 6.07) is 13.2. The lowest BCUT2D eigenvalue weighted by Crippen LogP contribution is -2.20. The van der Waals surface area contributed by atoms with Gasteiger partial charge in [0.05, 0.1) is 6.21 Å². The summed E-state index contributed by atoms with van der Waals surface area (Å²) in [5, 5.41) is 12.1. The molecule has 5 nitrogen and oxygen atoms in total. The van der Waals surface area contributed by atoms with Gasteiger partial charge in [0, 0.05) is 5.56 Å². The minimum Gasteiger partial charge on any atom is -0.455 e. The van der Waals surface area contributed by atoms with Crippen molar-refractivity contribution in [1.82, 2.24) is 5.43 Å². The van der Waals surface area contributed by atoms with Gasteiger partial charge in [-0.1, -0.05) is 30.3 Å². The van der Waals surface area contributed by atoms with Crippen molar-refractivity contribution in [2.45, 2.75) is 0 Å². The Labute approximate surface area is 104 Å². The summed E-state index contributed by atoms with van der Waals surface area (Å²) in [6.07, 6.45) is 1.38. The zero-order valence-electron chi connectivity index (χ0n) is 9.54. The Morgan fingerprint density at radius 1 is 1.28 bits per heavy atom. The third-order valence-corrected chi connectivity index (χ3v) is 2.21. The van der Waals surface area contributed by atoms with Crippen molar-refractivity contribution in [3.8, 4) is 11.3 Å². The molecule has 2 rings (SSSR count). The van der Waals surface area contributed by atoms with E-state index in [2.05, 4.69) is 10.5 Å². The van der Waals surface area contributed by atoms with Gasteiger partial charge in [0.2, 0.25) is 0 Å². The van der Waals surface area contributed by atoms with Crippen LogP contribution in [0.4, 0.5) is 0 Å². The first-order valence-electron chi connectivity index (χ1n) is 5.37. The van der Waals surface area contributed by atoms with E-state index >= 15 is 0 Å². The first-order chi connectivity index (χ1) is 8.79. The molecule has 0 bridgehead atoms. The maximum atomic E-state index is 10.7. The van der Waals surface area contributed by atoms with E-state index in [9.17, 15) is 4.79 Å². The third kappa shape index (κ3) is 3.05. The van der Waals surface area contributed by atoms with Gasteiger partial charge in [0.25, 0.3) is 5.91 Å². The van der Waals surface area contributed by atoms with E-state index in [1.165, 1.54) is 6.21 Å². The Bertz CT molecular complexity index is 546. The maximum absolute atomic E-state index is 10.7. The molecule has 0 aliphatic carbocycles. The predicted octanol–water partition coefficient (Wildman–Crippen LogP) is 1.39. The van der Waals surface area contributed by atoms with E-state index in [-0.39, 0.29) is 0 Å². The SMILES string of the molecule is O=C(CO)N/N=C/c1ccc(-c2ccccc2)o1. The van der Waals surface area contributed by atoms with Crippen LogP contribution in [0.25, 0.3) is 11.3 Å². The van der Waals surface area contributed by atoms with Crippen molar-refractivity contribution in [1.29, 1.82) is 0 Å². The Morgan fingerprint density at radius 2 is 2.06 bits per heavy atom. The molecule has 0 saturated carbocycles. The van der Waals surface area contributed by atoms with Gasteiger partial charge in [-0.25, -0.2) is 5.43 Å². The molecule has 0 aliphatic heterocycles. The summed E-state index contributed by atoms with van der Waals surface area (Å²) in [5.74, 6) is 0.679. The molecule has 0 radical (unpaired) electrons. The average molecular weight is 244 g/mol. The number of aliphatic hydroxyl groups is 1. The molecule has 5 heteroatoms. The molecule has 1 aromatic carbocycles. The van der Waals surface area contributed by atoms with Crippen LogP contribution in [0.5, 0.6) is 0 Å². The topological polar surface area (TPSA) is 74.8 Å². The van der Waals surface area contributed by atoms with Gasteiger partial charge in [-0.2, -0.15) is 5.10 Å². The van der Waals surface area contributed by atoms with E-state index in [0.717, 1.165) is 11.3 Å². The van der Waals surface area contributed by atoms with Gasteiger partial charge in [0.15, 0.2) is 0 Å². The summed E-state index contributed by atoms with van der Waals surface area (Å²) in [6.45, 7) is -0.592. The number of nitrogens with zero attached hydrogens (tertiary/aromatic N) is 1. The van der Waals surface area contributed by atoms with Gasteiger partial charge in [-0.15, -0.1) is 0 Å². The zero-order valence-corrected chi connectivity index (χ0v) is 9.54. The average Bonchev–Trinajstić information content (AvgIpc) is 2.88. The van der Waals surface area contributed by atoms with Crippen LogP contribution in [0.2, 0.25) is 0 Å². The number of hydrazone groups is 1. The summed E-state index contributed by atoms with van der Waals surface area (Å²) in [4.78, 5) is 10.7. The van der Waals surface area contributed by atoms with Gasteiger partial charge in [-0.05, 0) is 12.1 Å². The normalized spacial score (nSPS) is 10.7. The molecule has 2 aromatic rings. The molecule has 1 heterocycles. The molecule has 0 atom stereocenters. The van der Waals surface area contributed by atoms with Crippen molar-refractivity contribution in [3.05, 3.63) is 48.2 Å². The number of carbonyl (C=O) groups excluding carboxylic acids is 1. The Morgan fingerprint density at radius 3 is 2.78 bits per heavy atom. The molecule has 0 aliphatic rings. The first-order valence-corrected chi connectivity index (χ1v) is 5.37. The summed E-state index contributed by atoms with van der Waals surface area (Å²) >= 11 is 0. The maximum Gasteiger partial charge on any atom is 0.265 e. The van der Waals surface area contributed by atoms with Crippen molar-refractivity contribution in [2.75, 3.05) is 6.61 Å². The largest absolute Gasteiger partial charge is 0.455 e. The fraction of sp³-hybridized carbons (Fsp3) is 0.0769. The molecule has 0 fully saturated rings. The molecule has 18 heavy (non-hydrogen) atoms. The van der Waals surface area contributed by atoms with Crippen LogP contribution < -0.4 is 5.43 Å².